The number of hydrogen-bond acceptors (Lipinski definition) is 5. The number of nitrogens with one attached hydrogen (secondary N) is 1. The Labute approximate surface area is 183 Å². The highest BCUT2D eigenvalue weighted by atomic mass is 16.6. The Bertz CT molecular complexity index is 879. The van der Waals surface area contributed by atoms with Crippen molar-refractivity contribution in [3.05, 3.63) is 60.2 Å². The first-order valence-corrected chi connectivity index (χ1v) is 10.9. The third kappa shape index (κ3) is 5.35. The number of likely N-dealkylation sites (tertiary alicyclic amines) is 1. The number of ether oxygens (including phenoxy) is 1. The summed E-state index contributed by atoms with van der Waals surface area (Å²) in [5, 5.41) is 2.96. The minimum Gasteiger partial charge on any atom is -0.445 e. The normalized spacial score (nSPS) is 19.3. The fourth-order valence-electron chi connectivity index (χ4n) is 4.11. The molecule has 0 aliphatic carbocycles. The third-order valence-electron chi connectivity index (χ3n) is 6.00. The molecule has 2 fully saturated rings. The standard InChI is InChI=1S/C24H30N4O3/c1-26-14-16-27(17-15-26)21-11-9-20(10-12-21)25-23(29)22-8-5-13-28(22)24(30)31-18-19-6-3-2-4-7-19/h2-4,6-7,9-12,22H,5,8,13-18H2,1H3,(H,25,29)/t22-/m0/s1. The van der Waals surface area contributed by atoms with E-state index in [9.17, 15) is 9.59 Å². The molecule has 0 bridgehead atoms. The van der Waals surface area contributed by atoms with E-state index in [0.717, 1.165) is 49.5 Å². The molecule has 0 spiro atoms. The highest BCUT2D eigenvalue weighted by Crippen LogP contribution is 2.23. The molecular weight excluding hydrogens is 392 g/mol. The zero-order valence-corrected chi connectivity index (χ0v) is 18.0. The number of nitrogens with zero attached hydrogens (tertiary/aromatic N) is 3. The fourth-order valence-corrected chi connectivity index (χ4v) is 4.11. The average Bonchev–Trinajstić information content (AvgIpc) is 3.30. The first-order valence-electron chi connectivity index (χ1n) is 10.9. The van der Waals surface area contributed by atoms with Gasteiger partial charge in [-0.05, 0) is 49.7 Å². The second-order valence-corrected chi connectivity index (χ2v) is 8.22. The first kappa shape index (κ1) is 21.2. The lowest BCUT2D eigenvalue weighted by Gasteiger charge is -2.34. The molecule has 2 aromatic carbocycles. The molecule has 0 saturated carbocycles. The van der Waals surface area contributed by atoms with Gasteiger partial charge in [-0.15, -0.1) is 0 Å². The zero-order valence-electron chi connectivity index (χ0n) is 18.0. The van der Waals surface area contributed by atoms with Crippen LogP contribution >= 0.6 is 0 Å². The van der Waals surface area contributed by atoms with Crippen LogP contribution in [0.1, 0.15) is 18.4 Å². The third-order valence-corrected chi connectivity index (χ3v) is 6.00. The van der Waals surface area contributed by atoms with Crippen LogP contribution in [0.15, 0.2) is 54.6 Å². The molecule has 164 valence electrons. The van der Waals surface area contributed by atoms with Gasteiger partial charge in [0.15, 0.2) is 0 Å². The molecule has 0 unspecified atom stereocenters. The summed E-state index contributed by atoms with van der Waals surface area (Å²) >= 11 is 0. The van der Waals surface area contributed by atoms with E-state index in [1.807, 2.05) is 54.6 Å². The van der Waals surface area contributed by atoms with Gasteiger partial charge in [-0.1, -0.05) is 30.3 Å². The number of amides is 2. The van der Waals surface area contributed by atoms with Crippen molar-refractivity contribution in [1.82, 2.24) is 9.80 Å². The van der Waals surface area contributed by atoms with E-state index in [-0.39, 0.29) is 12.5 Å². The van der Waals surface area contributed by atoms with Crippen LogP contribution in [0.2, 0.25) is 0 Å². The lowest BCUT2D eigenvalue weighted by Crippen LogP contribution is -2.44. The predicted octanol–water partition coefficient (Wildman–Crippen LogP) is 3.18. The molecule has 7 heteroatoms. The molecule has 2 heterocycles. The van der Waals surface area contributed by atoms with E-state index >= 15 is 0 Å². The second kappa shape index (κ2) is 9.83. The quantitative estimate of drug-likeness (QED) is 0.802. The summed E-state index contributed by atoms with van der Waals surface area (Å²) in [5.41, 5.74) is 2.84. The maximum atomic E-state index is 12.9. The maximum absolute atomic E-state index is 12.9. The van der Waals surface area contributed by atoms with Crippen molar-refractivity contribution in [2.45, 2.75) is 25.5 Å². The minimum absolute atomic E-state index is 0.165. The van der Waals surface area contributed by atoms with Crippen LogP contribution < -0.4 is 10.2 Å². The van der Waals surface area contributed by atoms with Gasteiger partial charge in [-0.25, -0.2) is 4.79 Å². The Morgan fingerprint density at radius 3 is 2.39 bits per heavy atom. The highest BCUT2D eigenvalue weighted by molar-refractivity contribution is 5.97. The number of likely N-dealkylation sites (N-methyl/N-ethyl adjacent to an activating group) is 1. The summed E-state index contributed by atoms with van der Waals surface area (Å²) in [6.45, 7) is 4.85. The second-order valence-electron chi connectivity index (χ2n) is 8.22. The lowest BCUT2D eigenvalue weighted by molar-refractivity contribution is -0.120. The highest BCUT2D eigenvalue weighted by Gasteiger charge is 2.35. The molecular formula is C24H30N4O3. The van der Waals surface area contributed by atoms with Crippen LogP contribution in [0.25, 0.3) is 0 Å². The number of piperazine rings is 1. The minimum atomic E-state index is -0.499. The number of anilines is 2. The van der Waals surface area contributed by atoms with E-state index in [0.29, 0.717) is 13.0 Å². The molecule has 2 aliphatic heterocycles. The van der Waals surface area contributed by atoms with Crippen molar-refractivity contribution in [3.63, 3.8) is 0 Å². The van der Waals surface area contributed by atoms with Crippen LogP contribution in [-0.4, -0.2) is 67.6 Å². The summed E-state index contributed by atoms with van der Waals surface area (Å²) in [4.78, 5) is 31.6. The van der Waals surface area contributed by atoms with E-state index < -0.39 is 12.1 Å². The molecule has 4 rings (SSSR count). The van der Waals surface area contributed by atoms with E-state index in [1.165, 1.54) is 4.90 Å². The molecule has 31 heavy (non-hydrogen) atoms. The monoisotopic (exact) mass is 422 g/mol. The van der Waals surface area contributed by atoms with Gasteiger partial charge in [-0.2, -0.15) is 0 Å². The maximum Gasteiger partial charge on any atom is 0.410 e. The molecule has 0 aromatic heterocycles. The van der Waals surface area contributed by atoms with Gasteiger partial charge in [0, 0.05) is 44.1 Å². The molecule has 2 aromatic rings. The van der Waals surface area contributed by atoms with Crippen molar-refractivity contribution < 1.29 is 14.3 Å². The lowest BCUT2D eigenvalue weighted by atomic mass is 10.2. The SMILES string of the molecule is CN1CCN(c2ccc(NC(=O)[C@@H]3CCCN3C(=O)OCc3ccccc3)cc2)CC1. The van der Waals surface area contributed by atoms with Gasteiger partial charge in [0.05, 0.1) is 0 Å². The predicted molar refractivity (Wildman–Crippen MR) is 121 cm³/mol. The Morgan fingerprint density at radius 1 is 0.968 bits per heavy atom. The summed E-state index contributed by atoms with van der Waals surface area (Å²) in [6, 6.07) is 17.0. The molecule has 2 saturated heterocycles. The fraction of sp³-hybridized carbons (Fsp3) is 0.417. The smallest absolute Gasteiger partial charge is 0.410 e. The number of benzene rings is 2. The van der Waals surface area contributed by atoms with Crippen molar-refractivity contribution in [2.24, 2.45) is 0 Å². The van der Waals surface area contributed by atoms with E-state index in [4.69, 9.17) is 4.74 Å². The zero-order chi connectivity index (χ0) is 21.6. The van der Waals surface area contributed by atoms with Crippen molar-refractivity contribution >= 4 is 23.4 Å². The molecule has 1 N–H and O–H groups in total. The Hall–Kier alpha value is -3.06. The van der Waals surface area contributed by atoms with Gasteiger partial charge in [-0.3, -0.25) is 9.69 Å². The molecule has 7 nitrogen and oxygen atoms in total. The van der Waals surface area contributed by atoms with Gasteiger partial charge in [0.1, 0.15) is 12.6 Å². The summed E-state index contributed by atoms with van der Waals surface area (Å²) < 4.78 is 5.43. The number of hydrogen-bond donors (Lipinski definition) is 1. The topological polar surface area (TPSA) is 65.1 Å². The van der Waals surface area contributed by atoms with Crippen molar-refractivity contribution in [3.8, 4) is 0 Å². The molecule has 1 atom stereocenters. The van der Waals surface area contributed by atoms with Crippen molar-refractivity contribution in [2.75, 3.05) is 50.0 Å². The van der Waals surface area contributed by atoms with E-state index in [1.54, 1.807) is 0 Å². The van der Waals surface area contributed by atoms with Crippen molar-refractivity contribution in [1.29, 1.82) is 0 Å². The van der Waals surface area contributed by atoms with Crippen LogP contribution in [0.3, 0.4) is 0 Å². The number of carbonyl (C=O) groups excluding carboxylic acids is 2. The van der Waals surface area contributed by atoms with Gasteiger partial charge < -0.3 is 19.9 Å². The molecule has 2 amide bonds. The summed E-state index contributed by atoms with van der Waals surface area (Å²) in [7, 11) is 2.14. The molecule has 2 aliphatic rings. The number of carbonyl (C=O) groups is 2. The Kier molecular flexibility index (Phi) is 6.72. The van der Waals surface area contributed by atoms with Crippen LogP contribution in [0, 0.1) is 0 Å². The first-order chi connectivity index (χ1) is 15.1. The molecule has 0 radical (unpaired) electrons. The van der Waals surface area contributed by atoms with Crippen LogP contribution in [0.4, 0.5) is 16.2 Å². The van der Waals surface area contributed by atoms with Crippen LogP contribution in [0.5, 0.6) is 0 Å². The number of rotatable bonds is 5. The van der Waals surface area contributed by atoms with Gasteiger partial charge >= 0.3 is 6.09 Å². The summed E-state index contributed by atoms with van der Waals surface area (Å²) in [5.74, 6) is -0.165. The van der Waals surface area contributed by atoms with Gasteiger partial charge in [0.25, 0.3) is 0 Å². The average molecular weight is 423 g/mol. The summed E-state index contributed by atoms with van der Waals surface area (Å²) in [6.07, 6.45) is 0.999. The van der Waals surface area contributed by atoms with Gasteiger partial charge in [0.2, 0.25) is 5.91 Å². The Balaban J connectivity index is 1.31. The largest absolute Gasteiger partial charge is 0.445 e. The Morgan fingerprint density at radius 2 is 1.68 bits per heavy atom. The van der Waals surface area contributed by atoms with E-state index in [2.05, 4.69) is 22.2 Å². The van der Waals surface area contributed by atoms with Crippen LogP contribution in [-0.2, 0) is 16.1 Å².